The van der Waals surface area contributed by atoms with E-state index in [1.54, 1.807) is 25.1 Å². The number of nitrogens with one attached hydrogen (secondary N) is 1. The zero-order valence-corrected chi connectivity index (χ0v) is 15.7. The lowest BCUT2D eigenvalue weighted by Gasteiger charge is -2.28. The lowest BCUT2D eigenvalue weighted by molar-refractivity contribution is -0.139. The van der Waals surface area contributed by atoms with Crippen molar-refractivity contribution in [1.82, 2.24) is 4.98 Å². The summed E-state index contributed by atoms with van der Waals surface area (Å²) in [5, 5.41) is 1.09. The first-order valence-electron chi connectivity index (χ1n) is 8.76. The maximum atomic E-state index is 13.0. The zero-order valence-electron chi connectivity index (χ0n) is 15.0. The fourth-order valence-corrected chi connectivity index (χ4v) is 3.65. The molecule has 3 N–H and O–H groups in total. The van der Waals surface area contributed by atoms with E-state index in [0.717, 1.165) is 5.56 Å². The number of aromatic amines is 1. The molecule has 0 saturated heterocycles. The Kier molecular flexibility index (Phi) is 4.57. The molecule has 3 aromatic rings. The second kappa shape index (κ2) is 7.05. The Morgan fingerprint density at radius 3 is 2.71 bits per heavy atom. The SMILES string of the molecule is CCOC(=O)C1=C(N)Oc2c(c(=O)[nH]c3ccc(Cl)cc23)C1c1ccccc1. The van der Waals surface area contributed by atoms with Crippen LogP contribution in [0.4, 0.5) is 0 Å². The molecular formula is C21H17ClN2O4. The molecule has 0 aliphatic carbocycles. The topological polar surface area (TPSA) is 94.4 Å². The summed E-state index contributed by atoms with van der Waals surface area (Å²) >= 11 is 6.15. The van der Waals surface area contributed by atoms with E-state index < -0.39 is 11.9 Å². The summed E-state index contributed by atoms with van der Waals surface area (Å²) in [5.41, 5.74) is 7.46. The van der Waals surface area contributed by atoms with Gasteiger partial charge in [-0.2, -0.15) is 0 Å². The monoisotopic (exact) mass is 396 g/mol. The number of aromatic nitrogens is 1. The number of fused-ring (bicyclic) bond motifs is 3. The van der Waals surface area contributed by atoms with Crippen LogP contribution in [0.1, 0.15) is 24.0 Å². The van der Waals surface area contributed by atoms with Gasteiger partial charge in [0.15, 0.2) is 0 Å². The summed E-state index contributed by atoms with van der Waals surface area (Å²) in [7, 11) is 0. The third-order valence-electron chi connectivity index (χ3n) is 4.65. The summed E-state index contributed by atoms with van der Waals surface area (Å²) in [6.45, 7) is 1.87. The van der Waals surface area contributed by atoms with Gasteiger partial charge in [0.05, 0.1) is 23.6 Å². The molecule has 1 aromatic heterocycles. The molecule has 0 saturated carbocycles. The van der Waals surface area contributed by atoms with E-state index in [4.69, 9.17) is 26.8 Å². The third kappa shape index (κ3) is 2.92. The number of hydrogen-bond acceptors (Lipinski definition) is 5. The summed E-state index contributed by atoms with van der Waals surface area (Å²) in [6.07, 6.45) is 0. The van der Waals surface area contributed by atoms with Gasteiger partial charge < -0.3 is 20.2 Å². The molecule has 2 aromatic carbocycles. The smallest absolute Gasteiger partial charge is 0.340 e. The van der Waals surface area contributed by atoms with Gasteiger partial charge in [0, 0.05) is 10.4 Å². The van der Waals surface area contributed by atoms with Gasteiger partial charge in [0.2, 0.25) is 5.88 Å². The number of halogens is 1. The van der Waals surface area contributed by atoms with Crippen LogP contribution >= 0.6 is 11.6 Å². The number of carbonyl (C=O) groups excluding carboxylic acids is 1. The van der Waals surface area contributed by atoms with E-state index in [1.807, 2.05) is 30.3 Å². The number of H-pyrrole nitrogens is 1. The molecule has 2 heterocycles. The normalized spacial score (nSPS) is 15.9. The van der Waals surface area contributed by atoms with Crippen molar-refractivity contribution in [3.8, 4) is 5.75 Å². The quantitative estimate of drug-likeness (QED) is 0.661. The number of benzene rings is 2. The Balaban J connectivity index is 2.05. The molecule has 4 rings (SSSR count). The average Bonchev–Trinajstić information content (AvgIpc) is 2.68. The molecule has 1 aliphatic heterocycles. The molecule has 0 spiro atoms. The Morgan fingerprint density at radius 2 is 2.00 bits per heavy atom. The highest BCUT2D eigenvalue weighted by Crippen LogP contribution is 2.43. The Hall–Kier alpha value is -3.25. The van der Waals surface area contributed by atoms with Crippen LogP contribution in [0.15, 0.2) is 64.8 Å². The predicted octanol–water partition coefficient (Wildman–Crippen LogP) is 3.44. The van der Waals surface area contributed by atoms with Crippen LogP contribution in [0.25, 0.3) is 10.9 Å². The fraction of sp³-hybridized carbons (Fsp3) is 0.143. The largest absolute Gasteiger partial charge is 0.462 e. The first-order valence-corrected chi connectivity index (χ1v) is 9.14. The summed E-state index contributed by atoms with van der Waals surface area (Å²) in [5.74, 6) is -1.14. The van der Waals surface area contributed by atoms with Gasteiger partial charge in [0.25, 0.3) is 5.56 Å². The van der Waals surface area contributed by atoms with Crippen LogP contribution in [0.5, 0.6) is 5.75 Å². The number of nitrogens with two attached hydrogens (primary N) is 1. The molecule has 0 fully saturated rings. The van der Waals surface area contributed by atoms with Crippen molar-refractivity contribution in [2.45, 2.75) is 12.8 Å². The number of esters is 1. The second-order valence-corrected chi connectivity index (χ2v) is 6.77. The van der Waals surface area contributed by atoms with Crippen LogP contribution in [-0.2, 0) is 9.53 Å². The number of ether oxygens (including phenoxy) is 2. The van der Waals surface area contributed by atoms with Crippen molar-refractivity contribution in [3.05, 3.63) is 86.5 Å². The predicted molar refractivity (Wildman–Crippen MR) is 106 cm³/mol. The summed E-state index contributed by atoms with van der Waals surface area (Å²) in [6, 6.07) is 14.2. The van der Waals surface area contributed by atoms with Crippen molar-refractivity contribution < 1.29 is 14.3 Å². The molecule has 6 nitrogen and oxygen atoms in total. The average molecular weight is 397 g/mol. The van der Waals surface area contributed by atoms with E-state index in [9.17, 15) is 9.59 Å². The Labute approximate surface area is 165 Å². The molecule has 0 amide bonds. The van der Waals surface area contributed by atoms with Crippen LogP contribution in [0, 0.1) is 0 Å². The van der Waals surface area contributed by atoms with Crippen molar-refractivity contribution in [2.24, 2.45) is 5.73 Å². The number of carbonyl (C=O) groups is 1. The number of pyridine rings is 1. The van der Waals surface area contributed by atoms with Crippen LogP contribution in [0.3, 0.4) is 0 Å². The van der Waals surface area contributed by atoms with E-state index in [0.29, 0.717) is 27.2 Å². The van der Waals surface area contributed by atoms with Gasteiger partial charge in [-0.15, -0.1) is 0 Å². The standard InChI is InChI=1S/C21H17ClN2O4/c1-2-27-21(26)17-15(11-6-4-3-5-7-11)16-18(28-19(17)23)13-10-12(22)8-9-14(13)24-20(16)25/h3-10,15H,2,23H2,1H3,(H,24,25). The molecule has 0 bridgehead atoms. The number of hydrogen-bond donors (Lipinski definition) is 2. The van der Waals surface area contributed by atoms with E-state index in [1.165, 1.54) is 0 Å². The Morgan fingerprint density at radius 1 is 1.25 bits per heavy atom. The van der Waals surface area contributed by atoms with Gasteiger partial charge in [-0.05, 0) is 30.7 Å². The van der Waals surface area contributed by atoms with E-state index >= 15 is 0 Å². The first kappa shape index (κ1) is 18.1. The van der Waals surface area contributed by atoms with Gasteiger partial charge in [-0.25, -0.2) is 4.79 Å². The number of rotatable bonds is 3. The zero-order chi connectivity index (χ0) is 19.8. The lowest BCUT2D eigenvalue weighted by Crippen LogP contribution is -2.32. The highest BCUT2D eigenvalue weighted by Gasteiger charge is 2.38. The van der Waals surface area contributed by atoms with Crippen LogP contribution < -0.4 is 16.0 Å². The molecule has 1 atom stereocenters. The van der Waals surface area contributed by atoms with Gasteiger partial charge in [-0.1, -0.05) is 41.9 Å². The van der Waals surface area contributed by atoms with Crippen molar-refractivity contribution >= 4 is 28.5 Å². The van der Waals surface area contributed by atoms with Crippen LogP contribution in [0.2, 0.25) is 5.02 Å². The lowest BCUT2D eigenvalue weighted by atomic mass is 9.83. The van der Waals surface area contributed by atoms with E-state index in [-0.39, 0.29) is 23.6 Å². The van der Waals surface area contributed by atoms with Crippen molar-refractivity contribution in [1.29, 1.82) is 0 Å². The van der Waals surface area contributed by atoms with Gasteiger partial charge in [0.1, 0.15) is 11.3 Å². The highest BCUT2D eigenvalue weighted by atomic mass is 35.5. The maximum Gasteiger partial charge on any atom is 0.340 e. The van der Waals surface area contributed by atoms with Crippen LogP contribution in [-0.4, -0.2) is 17.6 Å². The molecule has 28 heavy (non-hydrogen) atoms. The van der Waals surface area contributed by atoms with E-state index in [2.05, 4.69) is 4.98 Å². The fourth-order valence-electron chi connectivity index (χ4n) is 3.48. The van der Waals surface area contributed by atoms with Crippen molar-refractivity contribution in [2.75, 3.05) is 6.61 Å². The Bertz CT molecular complexity index is 1170. The second-order valence-electron chi connectivity index (χ2n) is 6.33. The van der Waals surface area contributed by atoms with Crippen molar-refractivity contribution in [3.63, 3.8) is 0 Å². The maximum absolute atomic E-state index is 13.0. The molecule has 1 unspecified atom stereocenters. The summed E-state index contributed by atoms with van der Waals surface area (Å²) in [4.78, 5) is 28.5. The minimum atomic E-state index is -0.726. The third-order valence-corrected chi connectivity index (χ3v) is 4.88. The molecule has 1 aliphatic rings. The van der Waals surface area contributed by atoms with Gasteiger partial charge >= 0.3 is 5.97 Å². The summed E-state index contributed by atoms with van der Waals surface area (Å²) < 4.78 is 11.0. The molecular weight excluding hydrogens is 380 g/mol. The molecule has 0 radical (unpaired) electrons. The first-order chi connectivity index (χ1) is 13.5. The highest BCUT2D eigenvalue weighted by molar-refractivity contribution is 6.31. The molecule has 142 valence electrons. The van der Waals surface area contributed by atoms with Gasteiger partial charge in [-0.3, -0.25) is 4.79 Å². The molecule has 7 heteroatoms. The minimum absolute atomic E-state index is 0.0910. The minimum Gasteiger partial charge on any atom is -0.462 e.